The van der Waals surface area contributed by atoms with Gasteiger partial charge >= 0.3 is 5.97 Å². The molecule has 1 saturated heterocycles. The number of carbonyl (C=O) groups is 2. The van der Waals surface area contributed by atoms with Gasteiger partial charge in [0.2, 0.25) is 5.91 Å². The Bertz CT molecular complexity index is 422. The van der Waals surface area contributed by atoms with E-state index in [1.54, 1.807) is 6.08 Å². The van der Waals surface area contributed by atoms with E-state index >= 15 is 0 Å². The smallest absolute Gasteiger partial charge is 0.353 e. The lowest BCUT2D eigenvalue weighted by Gasteiger charge is -2.47. The minimum absolute atomic E-state index is 0.0901. The molecule has 7 heteroatoms. The van der Waals surface area contributed by atoms with E-state index in [-0.39, 0.29) is 17.0 Å². The Hall–Kier alpha value is -0.920. The number of nitrogens with zero attached hydrogens (tertiary/aromatic N) is 1. The minimum Gasteiger partial charge on any atom is -0.477 e. The number of aliphatic carboxylic acids is 1. The number of rotatable bonds is 4. The molecule has 3 N–H and O–H groups in total. The average molecular weight is 272 g/mol. The standard InChI is InChI=1S/C10H12N2O3S2/c1-2-3-16-5-4-17-9-6(11)8(13)12(9)7(5)10(14)15/h2,6,9H,1,3-4,11H2,(H,14,15)/t6-,9+/m1/s1. The summed E-state index contributed by atoms with van der Waals surface area (Å²) < 4.78 is 0. The summed E-state index contributed by atoms with van der Waals surface area (Å²) in [6, 6.07) is -0.569. The fourth-order valence-electron chi connectivity index (χ4n) is 1.76. The lowest BCUT2D eigenvalue weighted by molar-refractivity contribution is -0.147. The molecule has 2 aliphatic rings. The van der Waals surface area contributed by atoms with Crippen molar-refractivity contribution < 1.29 is 14.7 Å². The Morgan fingerprint density at radius 3 is 3.06 bits per heavy atom. The molecule has 0 aromatic carbocycles. The zero-order valence-electron chi connectivity index (χ0n) is 8.96. The number of amides is 1. The first-order chi connectivity index (χ1) is 8.07. The van der Waals surface area contributed by atoms with Crippen molar-refractivity contribution in [3.8, 4) is 0 Å². The van der Waals surface area contributed by atoms with Gasteiger partial charge in [-0.25, -0.2) is 4.79 Å². The van der Waals surface area contributed by atoms with E-state index in [0.29, 0.717) is 16.4 Å². The van der Waals surface area contributed by atoms with Gasteiger partial charge in [-0.2, -0.15) is 0 Å². The van der Waals surface area contributed by atoms with Crippen LogP contribution in [0.15, 0.2) is 23.3 Å². The summed E-state index contributed by atoms with van der Waals surface area (Å²) in [4.78, 5) is 24.8. The van der Waals surface area contributed by atoms with Crippen LogP contribution in [0.25, 0.3) is 0 Å². The lowest BCUT2D eigenvalue weighted by atomic mass is 10.1. The first kappa shape index (κ1) is 12.5. The summed E-state index contributed by atoms with van der Waals surface area (Å²) in [7, 11) is 0. The molecule has 0 spiro atoms. The maximum absolute atomic E-state index is 11.6. The number of hydrogen-bond acceptors (Lipinski definition) is 5. The summed E-state index contributed by atoms with van der Waals surface area (Å²) in [5, 5.41) is 8.97. The second-order valence-electron chi connectivity index (χ2n) is 3.61. The SMILES string of the molecule is C=CCSC1=C(C(=O)O)N2C(=O)[C@@H](N)[C@@H]2SC1. The number of hydrogen-bond donors (Lipinski definition) is 2. The van der Waals surface area contributed by atoms with Gasteiger partial charge in [0.1, 0.15) is 17.1 Å². The van der Waals surface area contributed by atoms with E-state index in [4.69, 9.17) is 5.73 Å². The molecule has 0 bridgehead atoms. The Morgan fingerprint density at radius 2 is 2.47 bits per heavy atom. The zero-order valence-corrected chi connectivity index (χ0v) is 10.6. The summed E-state index contributed by atoms with van der Waals surface area (Å²) in [5.74, 6) is -0.160. The van der Waals surface area contributed by atoms with E-state index in [0.717, 1.165) is 0 Å². The fourth-order valence-corrected chi connectivity index (χ4v) is 4.08. The Balaban J connectivity index is 2.29. The Morgan fingerprint density at radius 1 is 1.76 bits per heavy atom. The van der Waals surface area contributed by atoms with Crippen LogP contribution in [0, 0.1) is 0 Å². The van der Waals surface area contributed by atoms with Crippen molar-refractivity contribution in [2.75, 3.05) is 11.5 Å². The zero-order chi connectivity index (χ0) is 12.6. The molecule has 2 heterocycles. The van der Waals surface area contributed by atoms with Crippen molar-refractivity contribution in [2.45, 2.75) is 11.4 Å². The molecule has 0 aliphatic carbocycles. The van der Waals surface area contributed by atoms with Gasteiger partial charge in [0, 0.05) is 16.4 Å². The molecule has 0 radical (unpaired) electrons. The first-order valence-corrected chi connectivity index (χ1v) is 7.01. The normalized spacial score (nSPS) is 27.6. The summed E-state index contributed by atoms with van der Waals surface area (Å²) in [6.45, 7) is 3.59. The highest BCUT2D eigenvalue weighted by molar-refractivity contribution is 8.06. The molecule has 17 heavy (non-hydrogen) atoms. The number of nitrogens with two attached hydrogens (primary N) is 1. The van der Waals surface area contributed by atoms with Gasteiger partial charge in [0.15, 0.2) is 0 Å². The van der Waals surface area contributed by atoms with Gasteiger partial charge in [0.05, 0.1) is 0 Å². The Kier molecular flexibility index (Phi) is 3.50. The molecule has 0 unspecified atom stereocenters. The van der Waals surface area contributed by atoms with Crippen LogP contribution >= 0.6 is 23.5 Å². The predicted molar refractivity (Wildman–Crippen MR) is 68.4 cm³/mol. The highest BCUT2D eigenvalue weighted by Gasteiger charge is 2.51. The van der Waals surface area contributed by atoms with E-state index < -0.39 is 12.0 Å². The number of β-lactam (4-membered cyclic amide) rings is 1. The predicted octanol–water partition coefficient (Wildman–Crippen LogP) is 0.444. The quantitative estimate of drug-likeness (QED) is 0.571. The van der Waals surface area contributed by atoms with Crippen LogP contribution in [0.3, 0.4) is 0 Å². The largest absolute Gasteiger partial charge is 0.477 e. The average Bonchev–Trinajstić information content (AvgIpc) is 2.33. The van der Waals surface area contributed by atoms with Crippen molar-refractivity contribution in [2.24, 2.45) is 5.73 Å². The van der Waals surface area contributed by atoms with Gasteiger partial charge in [-0.1, -0.05) is 6.08 Å². The van der Waals surface area contributed by atoms with Gasteiger partial charge in [-0.05, 0) is 0 Å². The minimum atomic E-state index is -1.07. The molecule has 0 aromatic rings. The number of carbonyl (C=O) groups excluding carboxylic acids is 1. The van der Waals surface area contributed by atoms with E-state index in [9.17, 15) is 14.7 Å². The topological polar surface area (TPSA) is 83.6 Å². The van der Waals surface area contributed by atoms with Gasteiger partial charge in [-0.3, -0.25) is 9.69 Å². The molecule has 0 aromatic heterocycles. The molecule has 2 aliphatic heterocycles. The molecule has 2 rings (SSSR count). The highest BCUT2D eigenvalue weighted by Crippen LogP contribution is 2.42. The number of carboxylic acid groups (broad SMARTS) is 1. The molecular formula is C10H12N2O3S2. The summed E-state index contributed by atoms with van der Waals surface area (Å²) in [6.07, 6.45) is 1.71. The maximum atomic E-state index is 11.6. The first-order valence-electron chi connectivity index (χ1n) is 4.98. The van der Waals surface area contributed by atoms with E-state index in [1.807, 2.05) is 0 Å². The third-order valence-corrected chi connectivity index (χ3v) is 5.12. The third-order valence-electron chi connectivity index (χ3n) is 2.55. The molecule has 92 valence electrons. The van der Waals surface area contributed by atoms with Crippen molar-refractivity contribution in [1.82, 2.24) is 4.90 Å². The van der Waals surface area contributed by atoms with Crippen LogP contribution in [0.5, 0.6) is 0 Å². The van der Waals surface area contributed by atoms with Gasteiger partial charge in [-0.15, -0.1) is 30.1 Å². The second-order valence-corrected chi connectivity index (χ2v) is 5.83. The summed E-state index contributed by atoms with van der Waals surface area (Å²) >= 11 is 2.91. The monoisotopic (exact) mass is 272 g/mol. The second kappa shape index (κ2) is 4.75. The molecular weight excluding hydrogens is 260 g/mol. The van der Waals surface area contributed by atoms with Crippen LogP contribution in [0.1, 0.15) is 0 Å². The van der Waals surface area contributed by atoms with E-state index in [2.05, 4.69) is 6.58 Å². The van der Waals surface area contributed by atoms with Crippen molar-refractivity contribution in [1.29, 1.82) is 0 Å². The lowest BCUT2D eigenvalue weighted by Crippen LogP contribution is -2.68. The molecule has 1 amide bonds. The molecule has 5 nitrogen and oxygen atoms in total. The van der Waals surface area contributed by atoms with Gasteiger partial charge in [0.25, 0.3) is 0 Å². The van der Waals surface area contributed by atoms with E-state index in [1.165, 1.54) is 28.4 Å². The van der Waals surface area contributed by atoms with Crippen molar-refractivity contribution >= 4 is 35.4 Å². The van der Waals surface area contributed by atoms with Crippen molar-refractivity contribution in [3.63, 3.8) is 0 Å². The molecule has 1 fully saturated rings. The number of thioether (sulfide) groups is 2. The van der Waals surface area contributed by atoms with Gasteiger partial charge < -0.3 is 10.8 Å². The van der Waals surface area contributed by atoms with Crippen LogP contribution < -0.4 is 5.73 Å². The Labute approximate surface area is 107 Å². The van der Waals surface area contributed by atoms with Crippen LogP contribution in [-0.4, -0.2) is 44.8 Å². The third kappa shape index (κ3) is 1.98. The van der Waals surface area contributed by atoms with Crippen molar-refractivity contribution in [3.05, 3.63) is 23.3 Å². The van der Waals surface area contributed by atoms with Crippen LogP contribution in [0.2, 0.25) is 0 Å². The fraction of sp³-hybridized carbons (Fsp3) is 0.400. The summed E-state index contributed by atoms with van der Waals surface area (Å²) in [5.41, 5.74) is 5.72. The van der Waals surface area contributed by atoms with Crippen LogP contribution in [-0.2, 0) is 9.59 Å². The maximum Gasteiger partial charge on any atom is 0.353 e. The highest BCUT2D eigenvalue weighted by atomic mass is 32.2. The number of carboxylic acids is 1. The van der Waals surface area contributed by atoms with Crippen LogP contribution in [0.4, 0.5) is 0 Å². The molecule has 0 saturated carbocycles. The number of fused-ring (bicyclic) bond motifs is 1. The molecule has 2 atom stereocenters.